The number of benzene rings is 1. The number of hydrogen-bond donors (Lipinski definition) is 1. The average Bonchev–Trinajstić information content (AvgIpc) is 3.36. The van der Waals surface area contributed by atoms with Gasteiger partial charge in [0.05, 0.1) is 18.3 Å². The molecule has 2 amide bonds. The van der Waals surface area contributed by atoms with Crippen LogP contribution in [0.4, 0.5) is 0 Å². The molecule has 1 atom stereocenters. The van der Waals surface area contributed by atoms with Crippen LogP contribution >= 0.6 is 0 Å². The summed E-state index contributed by atoms with van der Waals surface area (Å²) < 4.78 is 7.53. The van der Waals surface area contributed by atoms with Crippen molar-refractivity contribution >= 4 is 22.9 Å². The fourth-order valence-corrected chi connectivity index (χ4v) is 5.42. The van der Waals surface area contributed by atoms with Gasteiger partial charge in [-0.1, -0.05) is 56.4 Å². The first-order valence-electron chi connectivity index (χ1n) is 12.2. The fourth-order valence-electron chi connectivity index (χ4n) is 5.42. The lowest BCUT2D eigenvalue weighted by Gasteiger charge is -2.45. The Morgan fingerprint density at radius 1 is 1.12 bits per heavy atom. The Morgan fingerprint density at radius 3 is 2.61 bits per heavy atom. The predicted octanol–water partition coefficient (Wildman–Crippen LogP) is 5.19. The second-order valence-corrected chi connectivity index (χ2v) is 9.89. The number of carbonyl (C=O) groups excluding carboxylic acids is 2. The zero-order valence-corrected chi connectivity index (χ0v) is 19.6. The van der Waals surface area contributed by atoms with Crippen molar-refractivity contribution in [2.24, 2.45) is 0 Å². The van der Waals surface area contributed by atoms with Gasteiger partial charge in [0, 0.05) is 24.7 Å². The number of aryl methyl sites for hydroxylation is 1. The molecule has 1 saturated carbocycles. The van der Waals surface area contributed by atoms with Gasteiger partial charge in [-0.2, -0.15) is 0 Å². The van der Waals surface area contributed by atoms with Crippen LogP contribution in [0, 0.1) is 6.92 Å². The number of rotatable bonds is 4. The molecule has 1 aromatic carbocycles. The van der Waals surface area contributed by atoms with Gasteiger partial charge in [-0.3, -0.25) is 9.59 Å². The standard InChI is InChI=1S/C27H33N3O3/c1-19-10-8-9-11-20(19)17-30-25(31)23-16-24-22(14-15-33-24)29(23)18-27(30,2)26(32)28-21-12-6-4-3-5-7-13-21/h8-11,14-16,21H,3-7,12-13,17-18H2,1-2H3,(H,28,32)/t27-/m1/s1. The van der Waals surface area contributed by atoms with E-state index < -0.39 is 5.54 Å². The van der Waals surface area contributed by atoms with Crippen LogP contribution in [0.3, 0.4) is 0 Å². The molecule has 0 unspecified atom stereocenters. The zero-order valence-electron chi connectivity index (χ0n) is 19.6. The maximum absolute atomic E-state index is 13.9. The summed E-state index contributed by atoms with van der Waals surface area (Å²) in [4.78, 5) is 29.4. The van der Waals surface area contributed by atoms with E-state index in [4.69, 9.17) is 4.42 Å². The van der Waals surface area contributed by atoms with E-state index in [1.54, 1.807) is 17.2 Å². The highest BCUT2D eigenvalue weighted by Crippen LogP contribution is 2.34. The van der Waals surface area contributed by atoms with Gasteiger partial charge in [0.1, 0.15) is 11.2 Å². The summed E-state index contributed by atoms with van der Waals surface area (Å²) in [5, 5.41) is 3.34. The minimum Gasteiger partial charge on any atom is -0.463 e. The molecule has 2 aliphatic rings. The van der Waals surface area contributed by atoms with E-state index in [1.165, 1.54) is 19.3 Å². The van der Waals surface area contributed by atoms with Crippen molar-refractivity contribution in [3.63, 3.8) is 0 Å². The van der Waals surface area contributed by atoms with Crippen molar-refractivity contribution in [1.82, 2.24) is 14.8 Å². The molecule has 1 aliphatic heterocycles. The Bertz CT molecular complexity index is 1170. The quantitative estimate of drug-likeness (QED) is 0.599. The minimum absolute atomic E-state index is 0.0639. The topological polar surface area (TPSA) is 67.5 Å². The Labute approximate surface area is 194 Å². The van der Waals surface area contributed by atoms with Crippen LogP contribution in [0.2, 0.25) is 0 Å². The van der Waals surface area contributed by atoms with Gasteiger partial charge < -0.3 is 19.2 Å². The van der Waals surface area contributed by atoms with Crippen molar-refractivity contribution in [1.29, 1.82) is 0 Å². The van der Waals surface area contributed by atoms with Gasteiger partial charge in [0.2, 0.25) is 5.91 Å². The van der Waals surface area contributed by atoms with Crippen LogP contribution in [0.15, 0.2) is 47.1 Å². The minimum atomic E-state index is -1.00. The summed E-state index contributed by atoms with van der Waals surface area (Å²) in [5.74, 6) is -0.197. The summed E-state index contributed by atoms with van der Waals surface area (Å²) in [6.07, 6.45) is 9.68. The number of fused-ring (bicyclic) bond motifs is 3. The third-order valence-corrected chi connectivity index (χ3v) is 7.57. The molecule has 1 N–H and O–H groups in total. The van der Waals surface area contributed by atoms with E-state index in [0.29, 0.717) is 24.4 Å². The number of nitrogens with zero attached hydrogens (tertiary/aromatic N) is 2. The Morgan fingerprint density at radius 2 is 1.85 bits per heavy atom. The maximum atomic E-state index is 13.9. The molecule has 2 aromatic heterocycles. The van der Waals surface area contributed by atoms with Crippen LogP contribution in [0.25, 0.3) is 11.1 Å². The number of amides is 2. The smallest absolute Gasteiger partial charge is 0.271 e. The van der Waals surface area contributed by atoms with Gasteiger partial charge in [-0.15, -0.1) is 0 Å². The molecule has 5 rings (SSSR count). The second kappa shape index (κ2) is 8.73. The van der Waals surface area contributed by atoms with Crippen molar-refractivity contribution in [3.8, 4) is 0 Å². The van der Waals surface area contributed by atoms with Gasteiger partial charge in [-0.05, 0) is 37.8 Å². The van der Waals surface area contributed by atoms with Gasteiger partial charge >= 0.3 is 0 Å². The highest BCUT2D eigenvalue weighted by molar-refractivity contribution is 6.02. The lowest BCUT2D eigenvalue weighted by atomic mass is 9.91. The normalized spacial score (nSPS) is 22.1. The number of aromatic nitrogens is 1. The zero-order chi connectivity index (χ0) is 23.0. The number of carbonyl (C=O) groups is 2. The monoisotopic (exact) mass is 447 g/mol. The van der Waals surface area contributed by atoms with E-state index in [2.05, 4.69) is 5.32 Å². The highest BCUT2D eigenvalue weighted by atomic mass is 16.3. The van der Waals surface area contributed by atoms with Crippen molar-refractivity contribution < 1.29 is 14.0 Å². The lowest BCUT2D eigenvalue weighted by molar-refractivity contribution is -0.134. The van der Waals surface area contributed by atoms with Gasteiger partial charge in [0.15, 0.2) is 5.58 Å². The van der Waals surface area contributed by atoms with Gasteiger partial charge in [0.25, 0.3) is 5.91 Å². The average molecular weight is 448 g/mol. The van der Waals surface area contributed by atoms with Crippen LogP contribution in [-0.4, -0.2) is 32.9 Å². The number of hydrogen-bond acceptors (Lipinski definition) is 3. The molecule has 6 nitrogen and oxygen atoms in total. The first-order valence-corrected chi connectivity index (χ1v) is 12.2. The summed E-state index contributed by atoms with van der Waals surface area (Å²) in [6, 6.07) is 11.9. The van der Waals surface area contributed by atoms with Crippen LogP contribution in [0.1, 0.15) is 73.5 Å². The van der Waals surface area contributed by atoms with Crippen LogP contribution < -0.4 is 5.32 Å². The van der Waals surface area contributed by atoms with E-state index in [9.17, 15) is 9.59 Å². The second-order valence-electron chi connectivity index (χ2n) is 9.89. The summed E-state index contributed by atoms with van der Waals surface area (Å²) in [5.41, 5.74) is 3.28. The Hall–Kier alpha value is -3.02. The molecular formula is C27H33N3O3. The summed E-state index contributed by atoms with van der Waals surface area (Å²) >= 11 is 0. The molecule has 174 valence electrons. The largest absolute Gasteiger partial charge is 0.463 e. The van der Waals surface area contributed by atoms with Gasteiger partial charge in [-0.25, -0.2) is 0 Å². The predicted molar refractivity (Wildman–Crippen MR) is 128 cm³/mol. The number of nitrogens with one attached hydrogen (secondary N) is 1. The van der Waals surface area contributed by atoms with Crippen LogP contribution in [-0.2, 0) is 17.9 Å². The molecule has 0 saturated heterocycles. The van der Waals surface area contributed by atoms with Crippen molar-refractivity contribution in [2.45, 2.75) is 83.5 Å². The lowest BCUT2D eigenvalue weighted by Crippen LogP contribution is -2.64. The van der Waals surface area contributed by atoms with Crippen molar-refractivity contribution in [2.75, 3.05) is 0 Å². The molecule has 33 heavy (non-hydrogen) atoms. The van der Waals surface area contributed by atoms with E-state index in [0.717, 1.165) is 42.3 Å². The third kappa shape index (κ3) is 3.96. The summed E-state index contributed by atoms with van der Waals surface area (Å²) in [6.45, 7) is 4.76. The Balaban J connectivity index is 1.50. The molecule has 3 heterocycles. The highest BCUT2D eigenvalue weighted by Gasteiger charge is 2.48. The van der Waals surface area contributed by atoms with E-state index in [-0.39, 0.29) is 17.9 Å². The Kier molecular flexibility index (Phi) is 5.77. The molecule has 0 bridgehead atoms. The molecule has 1 aliphatic carbocycles. The third-order valence-electron chi connectivity index (χ3n) is 7.57. The van der Waals surface area contributed by atoms with Crippen molar-refractivity contribution in [3.05, 3.63) is 59.5 Å². The molecule has 0 radical (unpaired) electrons. The molecule has 0 spiro atoms. The SMILES string of the molecule is Cc1ccccc1CN1C(=O)c2cc3occc3n2C[C@]1(C)C(=O)NC1CCCCCCC1. The molecule has 3 aromatic rings. The summed E-state index contributed by atoms with van der Waals surface area (Å²) in [7, 11) is 0. The molecule has 6 heteroatoms. The number of furan rings is 1. The fraction of sp³-hybridized carbons (Fsp3) is 0.481. The van der Waals surface area contributed by atoms with E-state index >= 15 is 0 Å². The molecule has 1 fully saturated rings. The van der Waals surface area contributed by atoms with E-state index in [1.807, 2.05) is 48.7 Å². The van der Waals surface area contributed by atoms with Crippen LogP contribution in [0.5, 0.6) is 0 Å². The first kappa shape index (κ1) is 21.8. The molecular weight excluding hydrogens is 414 g/mol. The maximum Gasteiger partial charge on any atom is 0.271 e. The first-order chi connectivity index (χ1) is 16.0.